The number of benzene rings is 2. The van der Waals surface area contributed by atoms with Crippen LogP contribution in [0.5, 0.6) is 5.75 Å². The van der Waals surface area contributed by atoms with Gasteiger partial charge in [-0.1, -0.05) is 19.8 Å². The summed E-state index contributed by atoms with van der Waals surface area (Å²) in [5, 5.41) is 5.26. The zero-order valence-electron chi connectivity index (χ0n) is 20.1. The maximum atomic E-state index is 12.1. The molecular weight excluding hydrogens is 452 g/mol. The summed E-state index contributed by atoms with van der Waals surface area (Å²) >= 11 is 0. The zero-order chi connectivity index (χ0) is 25.5. The highest BCUT2D eigenvalue weighted by Crippen LogP contribution is 2.15. The van der Waals surface area contributed by atoms with Gasteiger partial charge in [-0.15, -0.1) is 0 Å². The Balaban J connectivity index is 1.66. The number of ether oxygens (including phenoxy) is 3. The normalized spacial score (nSPS) is 10.2. The smallest absolute Gasteiger partial charge is 0.338 e. The number of amides is 2. The third-order valence-corrected chi connectivity index (χ3v) is 4.75. The minimum atomic E-state index is -0.664. The van der Waals surface area contributed by atoms with Crippen molar-refractivity contribution in [3.8, 4) is 5.75 Å². The number of hydrogen-bond acceptors (Lipinski definition) is 7. The monoisotopic (exact) mass is 484 g/mol. The summed E-state index contributed by atoms with van der Waals surface area (Å²) < 4.78 is 15.4. The Hall–Kier alpha value is -3.88. The summed E-state index contributed by atoms with van der Waals surface area (Å²) in [5.74, 6) is -1.27. The molecule has 0 heterocycles. The van der Waals surface area contributed by atoms with Crippen molar-refractivity contribution in [1.29, 1.82) is 0 Å². The van der Waals surface area contributed by atoms with Gasteiger partial charge in [0.05, 0.1) is 25.2 Å². The summed E-state index contributed by atoms with van der Waals surface area (Å²) in [6.45, 7) is 4.42. The number of anilines is 2. The molecule has 0 aromatic heterocycles. The number of carbonyl (C=O) groups excluding carboxylic acids is 4. The molecule has 188 valence electrons. The predicted octanol–water partition coefficient (Wildman–Crippen LogP) is 4.33. The molecule has 2 rings (SSSR count). The molecule has 2 amide bonds. The minimum absolute atomic E-state index is 0.111. The van der Waals surface area contributed by atoms with Crippen molar-refractivity contribution in [1.82, 2.24) is 0 Å². The van der Waals surface area contributed by atoms with Crippen LogP contribution in [0.4, 0.5) is 11.4 Å². The molecule has 0 unspecified atom stereocenters. The van der Waals surface area contributed by atoms with Crippen LogP contribution < -0.4 is 15.4 Å². The van der Waals surface area contributed by atoms with E-state index in [4.69, 9.17) is 14.2 Å². The summed E-state index contributed by atoms with van der Waals surface area (Å²) in [6.07, 6.45) is 2.59. The van der Waals surface area contributed by atoms with E-state index in [0.29, 0.717) is 35.9 Å². The largest absolute Gasteiger partial charge is 0.494 e. The second-order valence-electron chi connectivity index (χ2n) is 7.63. The van der Waals surface area contributed by atoms with Crippen LogP contribution in [0.1, 0.15) is 56.3 Å². The minimum Gasteiger partial charge on any atom is -0.494 e. The van der Waals surface area contributed by atoms with Gasteiger partial charge < -0.3 is 24.8 Å². The number of unbranched alkanes of at least 4 members (excludes halogenated alkanes) is 2. The van der Waals surface area contributed by atoms with Crippen molar-refractivity contribution in [3.63, 3.8) is 0 Å². The van der Waals surface area contributed by atoms with E-state index >= 15 is 0 Å². The fraction of sp³-hybridized carbons (Fsp3) is 0.385. The lowest BCUT2D eigenvalue weighted by Gasteiger charge is -2.09. The maximum absolute atomic E-state index is 12.1. The molecule has 2 aromatic rings. The average Bonchev–Trinajstić information content (AvgIpc) is 2.86. The quantitative estimate of drug-likeness (QED) is 0.302. The topological polar surface area (TPSA) is 120 Å². The first-order chi connectivity index (χ1) is 16.9. The van der Waals surface area contributed by atoms with Gasteiger partial charge in [0.15, 0.2) is 6.61 Å². The van der Waals surface area contributed by atoms with Crippen LogP contribution in [0.15, 0.2) is 48.5 Å². The second kappa shape index (κ2) is 15.1. The predicted molar refractivity (Wildman–Crippen MR) is 131 cm³/mol. The van der Waals surface area contributed by atoms with E-state index in [1.54, 1.807) is 48.5 Å². The molecule has 9 heteroatoms. The van der Waals surface area contributed by atoms with Gasteiger partial charge in [0.2, 0.25) is 5.91 Å². The highest BCUT2D eigenvalue weighted by Gasteiger charge is 2.12. The van der Waals surface area contributed by atoms with Crippen LogP contribution in [0.2, 0.25) is 0 Å². The molecule has 0 aliphatic carbocycles. The first kappa shape index (κ1) is 27.4. The van der Waals surface area contributed by atoms with Gasteiger partial charge in [-0.25, -0.2) is 4.79 Å². The lowest BCUT2D eigenvalue weighted by molar-refractivity contribution is -0.147. The molecule has 2 aromatic carbocycles. The Morgan fingerprint density at radius 3 is 2.00 bits per heavy atom. The molecule has 9 nitrogen and oxygen atoms in total. The summed E-state index contributed by atoms with van der Waals surface area (Å²) in [5.41, 5.74) is 1.43. The van der Waals surface area contributed by atoms with Crippen LogP contribution >= 0.6 is 0 Å². The summed E-state index contributed by atoms with van der Waals surface area (Å²) in [6, 6.07) is 13.1. The van der Waals surface area contributed by atoms with Crippen molar-refractivity contribution in [2.45, 2.75) is 46.0 Å². The molecule has 0 aliphatic heterocycles. The standard InChI is InChI=1S/C26H32N2O7/c1-3-5-6-17-34-26(32)19-7-9-20(10-8-19)27-23(29)15-16-25(31)35-18-24(30)28-21-11-13-22(14-12-21)33-4-2/h7-14H,3-6,15-18H2,1-2H3,(H,27,29)(H,28,30). The molecule has 35 heavy (non-hydrogen) atoms. The van der Waals surface area contributed by atoms with Gasteiger partial charge in [-0.2, -0.15) is 0 Å². The summed E-state index contributed by atoms with van der Waals surface area (Å²) in [7, 11) is 0. The van der Waals surface area contributed by atoms with E-state index in [1.165, 1.54) is 0 Å². The van der Waals surface area contributed by atoms with E-state index < -0.39 is 30.4 Å². The van der Waals surface area contributed by atoms with Crippen molar-refractivity contribution in [2.75, 3.05) is 30.5 Å². The van der Waals surface area contributed by atoms with Crippen molar-refractivity contribution in [3.05, 3.63) is 54.1 Å². The molecule has 0 saturated heterocycles. The Bertz CT molecular complexity index is 972. The fourth-order valence-electron chi connectivity index (χ4n) is 2.95. The van der Waals surface area contributed by atoms with E-state index in [1.807, 2.05) is 6.92 Å². The number of nitrogens with one attached hydrogen (secondary N) is 2. The molecule has 0 saturated carbocycles. The first-order valence-corrected chi connectivity index (χ1v) is 11.7. The Morgan fingerprint density at radius 1 is 0.743 bits per heavy atom. The molecule has 0 spiro atoms. The zero-order valence-corrected chi connectivity index (χ0v) is 20.1. The second-order valence-corrected chi connectivity index (χ2v) is 7.63. The van der Waals surface area contributed by atoms with E-state index in [0.717, 1.165) is 19.3 Å². The molecular formula is C26H32N2O7. The van der Waals surface area contributed by atoms with Gasteiger partial charge in [0, 0.05) is 17.8 Å². The van der Waals surface area contributed by atoms with Gasteiger partial charge in [-0.3, -0.25) is 14.4 Å². The molecule has 0 bridgehead atoms. The lowest BCUT2D eigenvalue weighted by Crippen LogP contribution is -2.21. The molecule has 0 fully saturated rings. The molecule has 0 radical (unpaired) electrons. The SMILES string of the molecule is CCCCCOC(=O)c1ccc(NC(=O)CCC(=O)OCC(=O)Nc2ccc(OCC)cc2)cc1. The highest BCUT2D eigenvalue weighted by atomic mass is 16.5. The van der Waals surface area contributed by atoms with Crippen LogP contribution in [-0.2, 0) is 23.9 Å². The number of carbonyl (C=O) groups is 4. The third-order valence-electron chi connectivity index (χ3n) is 4.75. The van der Waals surface area contributed by atoms with Gasteiger partial charge in [0.1, 0.15) is 5.75 Å². The van der Waals surface area contributed by atoms with Crippen molar-refractivity contribution >= 4 is 35.1 Å². The fourth-order valence-corrected chi connectivity index (χ4v) is 2.95. The number of rotatable bonds is 14. The number of hydrogen-bond donors (Lipinski definition) is 2. The molecule has 0 atom stereocenters. The van der Waals surface area contributed by atoms with Gasteiger partial charge >= 0.3 is 11.9 Å². The van der Waals surface area contributed by atoms with E-state index in [2.05, 4.69) is 17.6 Å². The van der Waals surface area contributed by atoms with Crippen molar-refractivity contribution in [2.24, 2.45) is 0 Å². The molecule has 0 aliphatic rings. The van der Waals surface area contributed by atoms with Gasteiger partial charge in [-0.05, 0) is 61.9 Å². The average molecular weight is 485 g/mol. The first-order valence-electron chi connectivity index (χ1n) is 11.7. The summed E-state index contributed by atoms with van der Waals surface area (Å²) in [4.78, 5) is 47.9. The Labute approximate surface area is 205 Å². The third kappa shape index (κ3) is 10.7. The molecule has 2 N–H and O–H groups in total. The van der Waals surface area contributed by atoms with E-state index in [-0.39, 0.29) is 12.8 Å². The van der Waals surface area contributed by atoms with Crippen LogP contribution in [0.25, 0.3) is 0 Å². The van der Waals surface area contributed by atoms with Gasteiger partial charge in [0.25, 0.3) is 5.91 Å². The Kier molecular flexibility index (Phi) is 11.8. The highest BCUT2D eigenvalue weighted by molar-refractivity contribution is 5.95. The lowest BCUT2D eigenvalue weighted by atomic mass is 10.2. The van der Waals surface area contributed by atoms with Crippen LogP contribution in [0.3, 0.4) is 0 Å². The van der Waals surface area contributed by atoms with Crippen LogP contribution in [-0.4, -0.2) is 43.6 Å². The Morgan fingerprint density at radius 2 is 1.37 bits per heavy atom. The van der Waals surface area contributed by atoms with E-state index in [9.17, 15) is 19.2 Å². The van der Waals surface area contributed by atoms with Crippen LogP contribution in [0, 0.1) is 0 Å². The number of esters is 2. The van der Waals surface area contributed by atoms with Crippen molar-refractivity contribution < 1.29 is 33.4 Å². The maximum Gasteiger partial charge on any atom is 0.338 e.